The van der Waals surface area contributed by atoms with Crippen molar-refractivity contribution in [3.8, 4) is 5.88 Å². The van der Waals surface area contributed by atoms with E-state index in [9.17, 15) is 8.78 Å². The molecule has 2 rings (SSSR count). The van der Waals surface area contributed by atoms with Gasteiger partial charge < -0.3 is 10.1 Å². The van der Waals surface area contributed by atoms with Crippen LogP contribution in [0.4, 0.5) is 14.6 Å². The van der Waals surface area contributed by atoms with Crippen LogP contribution in [-0.2, 0) is 6.54 Å². The molecule has 2 aromatic heterocycles. The van der Waals surface area contributed by atoms with Crippen LogP contribution in [0.15, 0.2) is 30.6 Å². The van der Waals surface area contributed by atoms with Crippen molar-refractivity contribution in [3.05, 3.63) is 47.8 Å². The summed E-state index contributed by atoms with van der Waals surface area (Å²) in [6.07, 6.45) is 2.52. The van der Waals surface area contributed by atoms with Crippen LogP contribution in [0.1, 0.15) is 5.56 Å². The molecule has 94 valence electrons. The summed E-state index contributed by atoms with van der Waals surface area (Å²) in [4.78, 5) is 7.61. The molecule has 1 N–H and O–H groups in total. The summed E-state index contributed by atoms with van der Waals surface area (Å²) in [6, 6.07) is 4.06. The Morgan fingerprint density at radius 2 is 2.17 bits per heavy atom. The van der Waals surface area contributed by atoms with Crippen LogP contribution in [0.5, 0.6) is 5.88 Å². The Morgan fingerprint density at radius 3 is 2.89 bits per heavy atom. The number of pyridine rings is 2. The maximum Gasteiger partial charge on any atom is 0.218 e. The highest BCUT2D eigenvalue weighted by molar-refractivity contribution is 5.38. The summed E-state index contributed by atoms with van der Waals surface area (Å²) < 4.78 is 31.3. The van der Waals surface area contributed by atoms with Gasteiger partial charge in [0, 0.05) is 18.3 Å². The molecular formula is C12H11F2N3O. The molecule has 2 heterocycles. The van der Waals surface area contributed by atoms with Crippen LogP contribution in [0.2, 0.25) is 0 Å². The third-order valence-electron chi connectivity index (χ3n) is 2.29. The van der Waals surface area contributed by atoms with Gasteiger partial charge in [0.15, 0.2) is 11.6 Å². The standard InChI is InChI=1S/C12H11F2N3O/c1-18-12-8(5-9(13)7-17-12)6-16-11-10(14)3-2-4-15-11/h2-5,7H,6H2,1H3,(H,15,16). The summed E-state index contributed by atoms with van der Waals surface area (Å²) in [5.41, 5.74) is 0.488. The Bertz CT molecular complexity index is 549. The number of hydrogen-bond acceptors (Lipinski definition) is 4. The number of ether oxygens (including phenoxy) is 1. The zero-order chi connectivity index (χ0) is 13.0. The van der Waals surface area contributed by atoms with Crippen molar-refractivity contribution in [2.24, 2.45) is 0 Å². The van der Waals surface area contributed by atoms with Gasteiger partial charge in [0.05, 0.1) is 13.3 Å². The molecule has 0 aromatic carbocycles. The van der Waals surface area contributed by atoms with Crippen LogP contribution in [0.25, 0.3) is 0 Å². The van der Waals surface area contributed by atoms with Crippen molar-refractivity contribution in [2.75, 3.05) is 12.4 Å². The largest absolute Gasteiger partial charge is 0.481 e. The molecule has 0 aliphatic rings. The molecule has 0 saturated heterocycles. The number of nitrogens with zero attached hydrogens (tertiary/aromatic N) is 2. The minimum Gasteiger partial charge on any atom is -0.481 e. The predicted molar refractivity (Wildman–Crippen MR) is 62.3 cm³/mol. The lowest BCUT2D eigenvalue weighted by atomic mass is 10.2. The van der Waals surface area contributed by atoms with E-state index in [0.717, 1.165) is 6.20 Å². The second-order valence-corrected chi connectivity index (χ2v) is 3.51. The number of methoxy groups -OCH3 is 1. The van der Waals surface area contributed by atoms with E-state index in [2.05, 4.69) is 15.3 Å². The number of nitrogens with one attached hydrogen (secondary N) is 1. The molecule has 4 nitrogen and oxygen atoms in total. The highest BCUT2D eigenvalue weighted by Crippen LogP contribution is 2.18. The molecule has 0 bridgehead atoms. The fourth-order valence-corrected chi connectivity index (χ4v) is 1.47. The van der Waals surface area contributed by atoms with Crippen molar-refractivity contribution in [3.63, 3.8) is 0 Å². The number of hydrogen-bond donors (Lipinski definition) is 1. The highest BCUT2D eigenvalue weighted by atomic mass is 19.1. The van der Waals surface area contributed by atoms with Crippen LogP contribution >= 0.6 is 0 Å². The van der Waals surface area contributed by atoms with Crippen molar-refractivity contribution in [1.29, 1.82) is 0 Å². The molecular weight excluding hydrogens is 240 g/mol. The van der Waals surface area contributed by atoms with Gasteiger partial charge >= 0.3 is 0 Å². The van der Waals surface area contributed by atoms with Crippen molar-refractivity contribution in [1.82, 2.24) is 9.97 Å². The van der Waals surface area contributed by atoms with Crippen molar-refractivity contribution in [2.45, 2.75) is 6.54 Å². The SMILES string of the molecule is COc1ncc(F)cc1CNc1ncccc1F. The normalized spacial score (nSPS) is 10.2. The fourth-order valence-electron chi connectivity index (χ4n) is 1.47. The second kappa shape index (κ2) is 5.39. The minimum absolute atomic E-state index is 0.101. The molecule has 0 radical (unpaired) electrons. The molecule has 2 aromatic rings. The van der Waals surface area contributed by atoms with E-state index in [1.165, 1.54) is 31.5 Å². The van der Waals surface area contributed by atoms with E-state index in [1.807, 2.05) is 0 Å². The first-order chi connectivity index (χ1) is 8.70. The van der Waals surface area contributed by atoms with E-state index < -0.39 is 11.6 Å². The highest BCUT2D eigenvalue weighted by Gasteiger charge is 2.08. The van der Waals surface area contributed by atoms with E-state index in [4.69, 9.17) is 4.74 Å². The van der Waals surface area contributed by atoms with Gasteiger partial charge in [-0.25, -0.2) is 18.7 Å². The van der Waals surface area contributed by atoms with Crippen molar-refractivity contribution >= 4 is 5.82 Å². The lowest BCUT2D eigenvalue weighted by molar-refractivity contribution is 0.390. The Kier molecular flexibility index (Phi) is 3.66. The van der Waals surface area contributed by atoms with Gasteiger partial charge in [-0.05, 0) is 18.2 Å². The van der Waals surface area contributed by atoms with Gasteiger partial charge in [-0.2, -0.15) is 0 Å². The zero-order valence-corrected chi connectivity index (χ0v) is 9.65. The summed E-state index contributed by atoms with van der Waals surface area (Å²) in [6.45, 7) is 0.169. The van der Waals surface area contributed by atoms with Gasteiger partial charge in [-0.3, -0.25) is 0 Å². The fraction of sp³-hybridized carbons (Fsp3) is 0.167. The van der Waals surface area contributed by atoms with E-state index in [-0.39, 0.29) is 12.4 Å². The third kappa shape index (κ3) is 2.71. The summed E-state index contributed by atoms with van der Waals surface area (Å²) in [7, 11) is 1.44. The molecule has 0 fully saturated rings. The molecule has 0 aliphatic carbocycles. The summed E-state index contributed by atoms with van der Waals surface area (Å²) >= 11 is 0. The van der Waals surface area contributed by atoms with Gasteiger partial charge in [0.25, 0.3) is 0 Å². The molecule has 0 amide bonds. The second-order valence-electron chi connectivity index (χ2n) is 3.51. The maximum absolute atomic E-state index is 13.3. The minimum atomic E-state index is -0.478. The quantitative estimate of drug-likeness (QED) is 0.906. The third-order valence-corrected chi connectivity index (χ3v) is 2.29. The number of anilines is 1. The molecule has 0 spiro atoms. The molecule has 6 heteroatoms. The van der Waals surface area contributed by atoms with E-state index in [0.29, 0.717) is 11.4 Å². The molecule has 18 heavy (non-hydrogen) atoms. The van der Waals surface area contributed by atoms with Gasteiger partial charge in [-0.15, -0.1) is 0 Å². The van der Waals surface area contributed by atoms with Crippen LogP contribution in [-0.4, -0.2) is 17.1 Å². The van der Waals surface area contributed by atoms with Crippen LogP contribution < -0.4 is 10.1 Å². The Morgan fingerprint density at radius 1 is 1.33 bits per heavy atom. The van der Waals surface area contributed by atoms with Gasteiger partial charge in [0.2, 0.25) is 5.88 Å². The van der Waals surface area contributed by atoms with Crippen LogP contribution in [0.3, 0.4) is 0 Å². The number of rotatable bonds is 4. The van der Waals surface area contributed by atoms with Gasteiger partial charge in [0.1, 0.15) is 5.82 Å². The average molecular weight is 251 g/mol. The molecule has 0 atom stereocenters. The average Bonchev–Trinajstić information content (AvgIpc) is 2.38. The zero-order valence-electron chi connectivity index (χ0n) is 9.65. The predicted octanol–water partition coefficient (Wildman–Crippen LogP) is 2.38. The first kappa shape index (κ1) is 12.2. The maximum atomic E-state index is 13.3. The van der Waals surface area contributed by atoms with E-state index >= 15 is 0 Å². The first-order valence-corrected chi connectivity index (χ1v) is 5.23. The summed E-state index contributed by atoms with van der Waals surface area (Å²) in [5.74, 6) is -0.557. The number of aromatic nitrogens is 2. The van der Waals surface area contributed by atoms with Gasteiger partial charge in [-0.1, -0.05) is 0 Å². The Balaban J connectivity index is 2.15. The molecule has 0 aliphatic heterocycles. The molecule has 0 saturated carbocycles. The lowest BCUT2D eigenvalue weighted by Crippen LogP contribution is -2.06. The lowest BCUT2D eigenvalue weighted by Gasteiger charge is -2.09. The Labute approximate surface area is 103 Å². The topological polar surface area (TPSA) is 47.0 Å². The first-order valence-electron chi connectivity index (χ1n) is 5.23. The smallest absolute Gasteiger partial charge is 0.218 e. The summed E-state index contributed by atoms with van der Waals surface area (Å²) in [5, 5.41) is 2.76. The molecule has 0 unspecified atom stereocenters. The Hall–Kier alpha value is -2.24. The van der Waals surface area contributed by atoms with E-state index in [1.54, 1.807) is 0 Å². The van der Waals surface area contributed by atoms with Crippen LogP contribution in [0, 0.1) is 11.6 Å². The van der Waals surface area contributed by atoms with Crippen molar-refractivity contribution < 1.29 is 13.5 Å². The monoisotopic (exact) mass is 251 g/mol. The number of halogens is 2.